The number of likely N-dealkylation sites (N-methyl/N-ethyl adjacent to an activating group) is 1. The quantitative estimate of drug-likeness (QED) is 0.604. The van der Waals surface area contributed by atoms with Gasteiger partial charge in [0, 0.05) is 51.4 Å². The van der Waals surface area contributed by atoms with E-state index in [0.29, 0.717) is 36.7 Å². The van der Waals surface area contributed by atoms with E-state index in [4.69, 9.17) is 5.73 Å². The van der Waals surface area contributed by atoms with Crippen molar-refractivity contribution in [2.45, 2.75) is 19.5 Å². The summed E-state index contributed by atoms with van der Waals surface area (Å²) in [4.78, 5) is 36.0. The van der Waals surface area contributed by atoms with Crippen LogP contribution < -0.4 is 16.0 Å². The van der Waals surface area contributed by atoms with Crippen molar-refractivity contribution in [3.8, 4) is 0 Å². The number of nitrogen functional groups attached to an aromatic ring is 1. The van der Waals surface area contributed by atoms with Gasteiger partial charge >= 0.3 is 0 Å². The number of nitrogens with zero attached hydrogens (tertiary/aromatic N) is 7. The third-order valence-electron chi connectivity index (χ3n) is 7.01. The maximum absolute atomic E-state index is 15.0. The fourth-order valence-corrected chi connectivity index (χ4v) is 4.99. The summed E-state index contributed by atoms with van der Waals surface area (Å²) < 4.78 is 29.8. The van der Waals surface area contributed by atoms with Crippen molar-refractivity contribution < 1.29 is 18.5 Å². The summed E-state index contributed by atoms with van der Waals surface area (Å²) in [7, 11) is 2.05. The zero-order valence-corrected chi connectivity index (χ0v) is 20.0. The van der Waals surface area contributed by atoms with Crippen LogP contribution in [-0.4, -0.2) is 87.8 Å². The summed E-state index contributed by atoms with van der Waals surface area (Å²) in [5.41, 5.74) is 6.77. The molecule has 0 radical (unpaired) electrons. The Hall–Kier alpha value is -3.74. The molecule has 2 amide bonds. The molecule has 2 aromatic heterocycles. The number of piperazine rings is 1. The Kier molecular flexibility index (Phi) is 6.48. The minimum absolute atomic E-state index is 0.0587. The molecule has 13 heteroatoms. The third-order valence-corrected chi connectivity index (χ3v) is 7.01. The number of piperidine rings is 1. The number of halogens is 2. The molecule has 5 rings (SSSR count). The van der Waals surface area contributed by atoms with E-state index in [2.05, 4.69) is 20.3 Å². The van der Waals surface area contributed by atoms with Crippen LogP contribution in [0.4, 0.5) is 26.1 Å². The summed E-state index contributed by atoms with van der Waals surface area (Å²) in [5.74, 6) is -1.17. The first-order valence-electron chi connectivity index (χ1n) is 12.0. The summed E-state index contributed by atoms with van der Waals surface area (Å²) in [5, 5.41) is 7.14. The molecule has 11 nitrogen and oxygen atoms in total. The first kappa shape index (κ1) is 24.0. The van der Waals surface area contributed by atoms with Crippen molar-refractivity contribution in [1.82, 2.24) is 29.7 Å². The van der Waals surface area contributed by atoms with Crippen LogP contribution in [0.5, 0.6) is 0 Å². The Labute approximate surface area is 207 Å². The number of rotatable bonds is 4. The molecule has 192 valence electrons. The number of fused-ring (bicyclic) bond motifs is 1. The number of aromatic nitrogens is 3. The van der Waals surface area contributed by atoms with E-state index in [-0.39, 0.29) is 41.2 Å². The minimum atomic E-state index is -0.598. The number of hydrogen-bond acceptors (Lipinski definition) is 8. The highest BCUT2D eigenvalue weighted by Gasteiger charge is 2.32. The number of nitrogens with two attached hydrogens (primary N) is 1. The summed E-state index contributed by atoms with van der Waals surface area (Å²) >= 11 is 0. The number of hydrogen-bond donors (Lipinski definition) is 2. The van der Waals surface area contributed by atoms with Gasteiger partial charge in [0.05, 0.1) is 23.8 Å². The third kappa shape index (κ3) is 4.57. The maximum atomic E-state index is 15.0. The molecule has 3 aliphatic heterocycles. The fourth-order valence-electron chi connectivity index (χ4n) is 4.99. The lowest BCUT2D eigenvalue weighted by molar-refractivity contribution is -0.137. The second kappa shape index (κ2) is 9.72. The van der Waals surface area contributed by atoms with E-state index in [9.17, 15) is 18.5 Å². The van der Waals surface area contributed by atoms with Gasteiger partial charge in [-0.3, -0.25) is 14.6 Å². The topological polar surface area (TPSA) is 116 Å². The number of nitrogens with one attached hydrogen (secondary N) is 1. The maximum Gasteiger partial charge on any atom is 0.261 e. The van der Waals surface area contributed by atoms with Crippen molar-refractivity contribution in [1.29, 1.82) is 0 Å². The summed E-state index contributed by atoms with van der Waals surface area (Å²) in [6, 6.07) is 0. The van der Waals surface area contributed by atoms with Crippen LogP contribution in [0.3, 0.4) is 0 Å². The van der Waals surface area contributed by atoms with Crippen LogP contribution in [0.25, 0.3) is 6.08 Å². The normalized spacial score (nSPS) is 18.9. The Balaban J connectivity index is 1.29. The smallest absolute Gasteiger partial charge is 0.261 e. The number of carbonyl (C=O) groups is 2. The van der Waals surface area contributed by atoms with E-state index >= 15 is 0 Å². The SMILES string of the molecule is CN1CCN(C(=O)C2CCN(c3c(F)cncc3NC(=O)c3c(N)nn4c3C=CN(F)C4)CC2)CC1. The second-order valence-corrected chi connectivity index (χ2v) is 9.36. The number of carbonyl (C=O) groups excluding carboxylic acids is 2. The minimum Gasteiger partial charge on any atom is -0.382 e. The van der Waals surface area contributed by atoms with Crippen molar-refractivity contribution in [2.75, 3.05) is 62.3 Å². The molecule has 0 aromatic carbocycles. The van der Waals surface area contributed by atoms with Gasteiger partial charge in [0.1, 0.15) is 17.9 Å². The lowest BCUT2D eigenvalue weighted by Crippen LogP contribution is -2.50. The average molecular weight is 502 g/mol. The summed E-state index contributed by atoms with van der Waals surface area (Å²) in [6.07, 6.45) is 6.23. The van der Waals surface area contributed by atoms with Gasteiger partial charge < -0.3 is 25.8 Å². The zero-order chi connectivity index (χ0) is 25.4. The van der Waals surface area contributed by atoms with Crippen molar-refractivity contribution in [2.24, 2.45) is 5.92 Å². The standard InChI is InChI=1S/C23H29F2N9O2/c1-30-8-10-32(11-9-30)23(36)15-2-5-31(6-3-15)20-16(24)12-27-13-17(20)28-22(35)19-18-4-7-33(25)14-34(18)29-21(19)26/h4,7,12-13,15H,2-3,5-6,8-11,14H2,1H3,(H2,26,29)(H,28,35). The Morgan fingerprint density at radius 3 is 2.56 bits per heavy atom. The van der Waals surface area contributed by atoms with E-state index in [1.807, 2.05) is 16.8 Å². The van der Waals surface area contributed by atoms with E-state index < -0.39 is 11.7 Å². The van der Waals surface area contributed by atoms with Gasteiger partial charge in [-0.2, -0.15) is 10.2 Å². The Morgan fingerprint density at radius 1 is 1.11 bits per heavy atom. The van der Waals surface area contributed by atoms with E-state index in [0.717, 1.165) is 32.4 Å². The molecule has 3 N–H and O–H groups in total. The van der Waals surface area contributed by atoms with E-state index in [1.54, 1.807) is 0 Å². The first-order valence-corrected chi connectivity index (χ1v) is 12.0. The Morgan fingerprint density at radius 2 is 1.83 bits per heavy atom. The fraction of sp³-hybridized carbons (Fsp3) is 0.478. The highest BCUT2D eigenvalue weighted by Crippen LogP contribution is 2.33. The molecule has 5 heterocycles. The number of anilines is 3. The molecule has 0 bridgehead atoms. The highest BCUT2D eigenvalue weighted by atomic mass is 19.2. The van der Waals surface area contributed by atoms with Crippen LogP contribution in [0.15, 0.2) is 18.6 Å². The van der Waals surface area contributed by atoms with Gasteiger partial charge in [0.15, 0.2) is 11.6 Å². The molecular weight excluding hydrogens is 472 g/mol. The molecule has 0 aliphatic carbocycles. The van der Waals surface area contributed by atoms with Gasteiger partial charge in [0.2, 0.25) is 5.91 Å². The lowest BCUT2D eigenvalue weighted by Gasteiger charge is -2.38. The monoisotopic (exact) mass is 501 g/mol. The van der Waals surface area contributed by atoms with Crippen LogP contribution >= 0.6 is 0 Å². The van der Waals surface area contributed by atoms with Crippen molar-refractivity contribution >= 4 is 35.1 Å². The summed E-state index contributed by atoms with van der Waals surface area (Å²) in [6.45, 7) is 3.92. The Bertz CT molecular complexity index is 1180. The van der Waals surface area contributed by atoms with Crippen LogP contribution in [-0.2, 0) is 11.5 Å². The number of pyridine rings is 1. The van der Waals surface area contributed by atoms with Crippen LogP contribution in [0.2, 0.25) is 0 Å². The molecule has 0 unspecified atom stereocenters. The van der Waals surface area contributed by atoms with Gasteiger partial charge in [-0.1, -0.05) is 4.48 Å². The molecule has 36 heavy (non-hydrogen) atoms. The lowest BCUT2D eigenvalue weighted by atomic mass is 9.94. The van der Waals surface area contributed by atoms with Crippen LogP contribution in [0, 0.1) is 11.7 Å². The molecule has 0 spiro atoms. The van der Waals surface area contributed by atoms with Crippen LogP contribution in [0.1, 0.15) is 28.9 Å². The molecule has 3 aliphatic rings. The molecular formula is C23H29F2N9O2. The predicted octanol–water partition coefficient (Wildman–Crippen LogP) is 1.37. The molecule has 2 saturated heterocycles. The second-order valence-electron chi connectivity index (χ2n) is 9.36. The average Bonchev–Trinajstić information content (AvgIpc) is 3.19. The molecule has 0 atom stereocenters. The van der Waals surface area contributed by atoms with Gasteiger partial charge in [-0.05, 0) is 26.0 Å². The van der Waals surface area contributed by atoms with Gasteiger partial charge in [-0.15, -0.1) is 0 Å². The van der Waals surface area contributed by atoms with Crippen molar-refractivity contribution in [3.63, 3.8) is 0 Å². The first-order chi connectivity index (χ1) is 17.3. The predicted molar refractivity (Wildman–Crippen MR) is 130 cm³/mol. The van der Waals surface area contributed by atoms with Gasteiger partial charge in [-0.25, -0.2) is 9.07 Å². The van der Waals surface area contributed by atoms with Gasteiger partial charge in [0.25, 0.3) is 5.91 Å². The largest absolute Gasteiger partial charge is 0.382 e. The molecule has 0 saturated carbocycles. The number of amides is 2. The molecule has 2 aromatic rings. The van der Waals surface area contributed by atoms with E-state index in [1.165, 1.54) is 23.2 Å². The molecule has 2 fully saturated rings. The highest BCUT2D eigenvalue weighted by molar-refractivity contribution is 6.10. The van der Waals surface area contributed by atoms with Crippen molar-refractivity contribution in [3.05, 3.63) is 35.7 Å². The zero-order valence-electron chi connectivity index (χ0n) is 20.0.